The molecule has 0 aliphatic heterocycles. The summed E-state index contributed by atoms with van der Waals surface area (Å²) in [6.07, 6.45) is 0.917. The first-order chi connectivity index (χ1) is 12.4. The minimum Gasteiger partial charge on any atom is -0.349 e. The van der Waals surface area contributed by atoms with Gasteiger partial charge in [0.25, 0.3) is 0 Å². The Morgan fingerprint density at radius 2 is 1.73 bits per heavy atom. The van der Waals surface area contributed by atoms with Crippen LogP contribution in [-0.4, -0.2) is 30.9 Å². The Balaban J connectivity index is 1.98. The molecule has 0 heterocycles. The fourth-order valence-electron chi connectivity index (χ4n) is 2.52. The molecule has 138 valence electrons. The van der Waals surface area contributed by atoms with E-state index < -0.39 is 0 Å². The van der Waals surface area contributed by atoms with Crippen molar-refractivity contribution < 1.29 is 14.0 Å². The van der Waals surface area contributed by atoms with Gasteiger partial charge in [0.15, 0.2) is 0 Å². The summed E-state index contributed by atoms with van der Waals surface area (Å²) < 4.78 is 13.0. The van der Waals surface area contributed by atoms with E-state index in [1.54, 1.807) is 37.2 Å². The number of nitrogens with zero attached hydrogens (tertiary/aromatic N) is 1. The Hall–Kier alpha value is -2.89. The molecule has 0 unspecified atom stereocenters. The van der Waals surface area contributed by atoms with Gasteiger partial charge in [-0.2, -0.15) is 0 Å². The molecule has 0 bridgehead atoms. The van der Waals surface area contributed by atoms with Crippen molar-refractivity contribution in [2.75, 3.05) is 19.4 Å². The highest BCUT2D eigenvalue weighted by atomic mass is 19.1. The number of para-hydroxylation sites is 1. The van der Waals surface area contributed by atoms with Gasteiger partial charge in [-0.25, -0.2) is 9.18 Å². The first kappa shape index (κ1) is 19.4. The van der Waals surface area contributed by atoms with Gasteiger partial charge in [-0.05, 0) is 42.7 Å². The topological polar surface area (TPSA) is 61.4 Å². The van der Waals surface area contributed by atoms with Crippen molar-refractivity contribution in [1.29, 1.82) is 0 Å². The predicted molar refractivity (Wildman–Crippen MR) is 100 cm³/mol. The van der Waals surface area contributed by atoms with Gasteiger partial charge in [-0.1, -0.05) is 30.3 Å². The number of urea groups is 1. The Labute approximate surface area is 153 Å². The molecule has 0 aliphatic carbocycles. The zero-order valence-electron chi connectivity index (χ0n) is 15.3. The molecule has 3 amide bonds. The number of amides is 3. The second-order valence-corrected chi connectivity index (χ2v) is 6.32. The summed E-state index contributed by atoms with van der Waals surface area (Å²) in [6.45, 7) is 1.83. The van der Waals surface area contributed by atoms with Crippen molar-refractivity contribution in [2.24, 2.45) is 0 Å². The average molecular weight is 357 g/mol. The van der Waals surface area contributed by atoms with Crippen molar-refractivity contribution in [2.45, 2.75) is 25.8 Å². The monoisotopic (exact) mass is 357 g/mol. The fourth-order valence-corrected chi connectivity index (χ4v) is 2.52. The van der Waals surface area contributed by atoms with Gasteiger partial charge >= 0.3 is 6.03 Å². The van der Waals surface area contributed by atoms with E-state index in [1.807, 2.05) is 25.1 Å². The molecule has 0 spiro atoms. The zero-order chi connectivity index (χ0) is 19.1. The van der Waals surface area contributed by atoms with Crippen LogP contribution in [0, 0.1) is 5.82 Å². The standard InChI is InChI=1S/C20H24FN3O2/c1-14(15-8-11-17(21)12-9-15)22-20(26)23-18-7-5-4-6-16(18)10-13-19(25)24(2)3/h4-9,11-12,14H,10,13H2,1-3H3,(H2,22,23,26)/t14-/m1/s1. The molecule has 2 aromatic rings. The fraction of sp³-hybridized carbons (Fsp3) is 0.300. The molecular formula is C20H24FN3O2. The summed E-state index contributed by atoms with van der Waals surface area (Å²) in [7, 11) is 3.44. The van der Waals surface area contributed by atoms with E-state index in [9.17, 15) is 14.0 Å². The molecule has 0 aromatic heterocycles. The van der Waals surface area contributed by atoms with Gasteiger partial charge < -0.3 is 15.5 Å². The van der Waals surface area contributed by atoms with Crippen molar-refractivity contribution in [1.82, 2.24) is 10.2 Å². The second-order valence-electron chi connectivity index (χ2n) is 6.32. The van der Waals surface area contributed by atoms with Crippen LogP contribution in [0.3, 0.4) is 0 Å². The predicted octanol–water partition coefficient (Wildman–Crippen LogP) is 3.73. The summed E-state index contributed by atoms with van der Waals surface area (Å²) in [5, 5.41) is 5.65. The van der Waals surface area contributed by atoms with Crippen LogP contribution in [0.2, 0.25) is 0 Å². The minimum atomic E-state index is -0.354. The van der Waals surface area contributed by atoms with Crippen LogP contribution in [0.4, 0.5) is 14.9 Å². The third kappa shape index (κ3) is 5.58. The third-order valence-electron chi connectivity index (χ3n) is 4.09. The Morgan fingerprint density at radius 3 is 2.38 bits per heavy atom. The van der Waals surface area contributed by atoms with Crippen LogP contribution in [0.1, 0.15) is 30.5 Å². The summed E-state index contributed by atoms with van der Waals surface area (Å²) in [4.78, 5) is 25.6. The lowest BCUT2D eigenvalue weighted by Gasteiger charge is -2.17. The van der Waals surface area contributed by atoms with Crippen molar-refractivity contribution in [3.05, 3.63) is 65.5 Å². The third-order valence-corrected chi connectivity index (χ3v) is 4.09. The lowest BCUT2D eigenvalue weighted by Crippen LogP contribution is -2.31. The highest BCUT2D eigenvalue weighted by molar-refractivity contribution is 5.90. The highest BCUT2D eigenvalue weighted by Crippen LogP contribution is 2.18. The van der Waals surface area contributed by atoms with Crippen LogP contribution < -0.4 is 10.6 Å². The van der Waals surface area contributed by atoms with E-state index in [4.69, 9.17) is 0 Å². The Morgan fingerprint density at radius 1 is 1.08 bits per heavy atom. The Kier molecular flexibility index (Phi) is 6.72. The number of anilines is 1. The summed E-state index contributed by atoms with van der Waals surface area (Å²) in [6, 6.07) is 12.8. The number of hydrogen-bond donors (Lipinski definition) is 2. The van der Waals surface area contributed by atoms with Gasteiger partial charge in [0.05, 0.1) is 6.04 Å². The van der Waals surface area contributed by atoms with Gasteiger partial charge in [0, 0.05) is 26.2 Å². The van der Waals surface area contributed by atoms with Crippen LogP contribution >= 0.6 is 0 Å². The first-order valence-corrected chi connectivity index (χ1v) is 8.48. The van der Waals surface area contributed by atoms with E-state index in [-0.39, 0.29) is 23.8 Å². The Bertz CT molecular complexity index is 760. The molecular weight excluding hydrogens is 333 g/mol. The minimum absolute atomic E-state index is 0.0363. The number of rotatable bonds is 6. The van der Waals surface area contributed by atoms with E-state index in [2.05, 4.69) is 10.6 Å². The van der Waals surface area contributed by atoms with Crippen molar-refractivity contribution in [3.63, 3.8) is 0 Å². The number of nitrogens with one attached hydrogen (secondary N) is 2. The second kappa shape index (κ2) is 8.99. The summed E-state index contributed by atoms with van der Waals surface area (Å²) >= 11 is 0. The summed E-state index contributed by atoms with van der Waals surface area (Å²) in [5.41, 5.74) is 2.38. The molecule has 6 heteroatoms. The molecule has 2 N–H and O–H groups in total. The molecule has 26 heavy (non-hydrogen) atoms. The van der Waals surface area contributed by atoms with Gasteiger partial charge in [0.2, 0.25) is 5.91 Å². The normalized spacial score (nSPS) is 11.5. The molecule has 2 aromatic carbocycles. The molecule has 1 atom stereocenters. The number of benzene rings is 2. The number of halogens is 1. The van der Waals surface area contributed by atoms with E-state index in [0.717, 1.165) is 11.1 Å². The highest BCUT2D eigenvalue weighted by Gasteiger charge is 2.12. The number of hydrogen-bond acceptors (Lipinski definition) is 2. The van der Waals surface area contributed by atoms with Gasteiger partial charge in [0.1, 0.15) is 5.82 Å². The smallest absolute Gasteiger partial charge is 0.319 e. The summed E-state index contributed by atoms with van der Waals surface area (Å²) in [5.74, 6) is -0.277. The van der Waals surface area contributed by atoms with E-state index in [0.29, 0.717) is 18.5 Å². The molecule has 0 aliphatic rings. The molecule has 2 rings (SSSR count). The number of carbonyl (C=O) groups is 2. The SMILES string of the molecule is C[C@@H](NC(=O)Nc1ccccc1CCC(=O)N(C)C)c1ccc(F)cc1. The molecule has 5 nitrogen and oxygen atoms in total. The molecule has 0 fully saturated rings. The van der Waals surface area contributed by atoms with Crippen molar-refractivity contribution in [3.8, 4) is 0 Å². The zero-order valence-corrected chi connectivity index (χ0v) is 15.3. The van der Waals surface area contributed by atoms with Crippen LogP contribution in [-0.2, 0) is 11.2 Å². The quantitative estimate of drug-likeness (QED) is 0.827. The van der Waals surface area contributed by atoms with Gasteiger partial charge in [-0.15, -0.1) is 0 Å². The number of carbonyl (C=O) groups excluding carboxylic acids is 2. The van der Waals surface area contributed by atoms with Gasteiger partial charge in [-0.3, -0.25) is 4.79 Å². The van der Waals surface area contributed by atoms with Crippen LogP contribution in [0.5, 0.6) is 0 Å². The van der Waals surface area contributed by atoms with Crippen LogP contribution in [0.15, 0.2) is 48.5 Å². The molecule has 0 saturated carbocycles. The van der Waals surface area contributed by atoms with Crippen LogP contribution in [0.25, 0.3) is 0 Å². The molecule has 0 radical (unpaired) electrons. The van der Waals surface area contributed by atoms with Crippen molar-refractivity contribution >= 4 is 17.6 Å². The lowest BCUT2D eigenvalue weighted by molar-refractivity contribution is -0.128. The maximum atomic E-state index is 13.0. The van der Waals surface area contributed by atoms with E-state index in [1.165, 1.54) is 12.1 Å². The van der Waals surface area contributed by atoms with E-state index >= 15 is 0 Å². The first-order valence-electron chi connectivity index (χ1n) is 8.48. The number of aryl methyl sites for hydroxylation is 1. The maximum Gasteiger partial charge on any atom is 0.319 e. The molecule has 0 saturated heterocycles. The lowest BCUT2D eigenvalue weighted by atomic mass is 10.1. The maximum absolute atomic E-state index is 13.0. The largest absolute Gasteiger partial charge is 0.349 e. The average Bonchev–Trinajstić information content (AvgIpc) is 2.61.